The van der Waals surface area contributed by atoms with Crippen molar-refractivity contribution in [3.8, 4) is 0 Å². The maximum atomic E-state index is 10.4. The van der Waals surface area contributed by atoms with Gasteiger partial charge >= 0.3 is 0 Å². The highest BCUT2D eigenvalue weighted by Gasteiger charge is 1.90. The zero-order chi connectivity index (χ0) is 5.82. The van der Waals surface area contributed by atoms with Crippen LogP contribution in [0.25, 0.3) is 0 Å². The highest BCUT2D eigenvalue weighted by atomic mass is 16.1. The molecule has 1 heterocycles. The van der Waals surface area contributed by atoms with E-state index in [9.17, 15) is 4.79 Å². The Kier molecular flexibility index (Phi) is 1.47. The monoisotopic (exact) mass is 109 g/mol. The molecule has 0 aromatic carbocycles. The van der Waals surface area contributed by atoms with Gasteiger partial charge in [-0.2, -0.15) is 0 Å². The zero-order valence-corrected chi connectivity index (χ0v) is 4.42. The van der Waals surface area contributed by atoms with Crippen molar-refractivity contribution in [1.82, 2.24) is 5.32 Å². The summed E-state index contributed by atoms with van der Waals surface area (Å²) in [5.41, 5.74) is 0. The summed E-state index contributed by atoms with van der Waals surface area (Å²) < 4.78 is 0. The van der Waals surface area contributed by atoms with Crippen molar-refractivity contribution in [3.05, 3.63) is 24.4 Å². The zero-order valence-electron chi connectivity index (χ0n) is 4.42. The Morgan fingerprint density at radius 2 is 2.38 bits per heavy atom. The summed E-state index contributed by atoms with van der Waals surface area (Å²) >= 11 is 0. The minimum Gasteiger partial charge on any atom is -0.329 e. The van der Waals surface area contributed by atoms with Gasteiger partial charge in [-0.15, -0.1) is 0 Å². The van der Waals surface area contributed by atoms with Crippen molar-refractivity contribution in [2.24, 2.45) is 0 Å². The Labute approximate surface area is 47.9 Å². The number of hydrogen-bond donors (Lipinski definition) is 1. The first-order valence-corrected chi connectivity index (χ1v) is 2.51. The van der Waals surface area contributed by atoms with E-state index in [-0.39, 0.29) is 5.91 Å². The third-order valence-corrected chi connectivity index (χ3v) is 0.885. The van der Waals surface area contributed by atoms with Crippen LogP contribution in [0.2, 0.25) is 0 Å². The molecule has 1 aliphatic rings. The van der Waals surface area contributed by atoms with E-state index in [1.54, 1.807) is 6.20 Å². The Morgan fingerprint density at radius 1 is 1.50 bits per heavy atom. The molecule has 42 valence electrons. The van der Waals surface area contributed by atoms with Crippen LogP contribution in [0.1, 0.15) is 6.42 Å². The quantitative estimate of drug-likeness (QED) is 0.484. The normalized spacial score (nSPS) is 17.8. The topological polar surface area (TPSA) is 29.1 Å². The van der Waals surface area contributed by atoms with E-state index in [2.05, 4.69) is 5.32 Å². The van der Waals surface area contributed by atoms with Crippen LogP contribution in [-0.4, -0.2) is 5.91 Å². The largest absolute Gasteiger partial charge is 0.329 e. The van der Waals surface area contributed by atoms with Crippen molar-refractivity contribution < 1.29 is 4.79 Å². The van der Waals surface area contributed by atoms with Gasteiger partial charge in [-0.3, -0.25) is 4.79 Å². The lowest BCUT2D eigenvalue weighted by Crippen LogP contribution is -2.11. The Hall–Kier alpha value is -1.05. The smallest absolute Gasteiger partial charge is 0.247 e. The van der Waals surface area contributed by atoms with Crippen molar-refractivity contribution in [2.75, 3.05) is 0 Å². The molecule has 0 unspecified atom stereocenters. The van der Waals surface area contributed by atoms with E-state index in [1.807, 2.05) is 12.2 Å². The molecule has 0 atom stereocenters. The van der Waals surface area contributed by atoms with Gasteiger partial charge in [0.25, 0.3) is 0 Å². The molecule has 1 N–H and O–H groups in total. The summed E-state index contributed by atoms with van der Waals surface area (Å²) in [6, 6.07) is 0. The molecular formula is C6H7NO. The third-order valence-electron chi connectivity index (χ3n) is 0.885. The molecule has 1 amide bonds. The fraction of sp³-hybridized carbons (Fsp3) is 0.167. The van der Waals surface area contributed by atoms with Crippen LogP contribution in [0.3, 0.4) is 0 Å². The van der Waals surface area contributed by atoms with Crippen LogP contribution in [-0.2, 0) is 4.79 Å². The van der Waals surface area contributed by atoms with Gasteiger partial charge in [-0.05, 0) is 12.5 Å². The van der Waals surface area contributed by atoms with Gasteiger partial charge in [0.1, 0.15) is 0 Å². The minimum atomic E-state index is -0.0428. The second-order valence-corrected chi connectivity index (χ2v) is 1.55. The molecule has 0 aromatic rings. The first-order chi connectivity index (χ1) is 3.89. The Bertz CT molecular complexity index is 147. The number of allylic oxidation sites excluding steroid dienone is 2. The molecule has 0 aliphatic carbocycles. The summed E-state index contributed by atoms with van der Waals surface area (Å²) in [5, 5.41) is 2.54. The van der Waals surface area contributed by atoms with Crippen LogP contribution >= 0.6 is 0 Å². The fourth-order valence-corrected chi connectivity index (χ4v) is 0.511. The molecular weight excluding hydrogens is 102 g/mol. The first kappa shape index (κ1) is 5.09. The fourth-order valence-electron chi connectivity index (χ4n) is 0.511. The highest BCUT2D eigenvalue weighted by molar-refractivity contribution is 5.88. The van der Waals surface area contributed by atoms with Gasteiger partial charge in [0, 0.05) is 6.20 Å². The molecule has 2 heteroatoms. The molecule has 8 heavy (non-hydrogen) atoms. The second-order valence-electron chi connectivity index (χ2n) is 1.55. The number of carbonyl (C=O) groups excluding carboxylic acids is 1. The van der Waals surface area contributed by atoms with Gasteiger partial charge in [-0.25, -0.2) is 0 Å². The molecule has 0 saturated heterocycles. The standard InChI is InChI=1S/C6H7NO/c8-6-4-2-1-3-5-7-6/h2-5H,1H2,(H,7,8). The van der Waals surface area contributed by atoms with Gasteiger partial charge < -0.3 is 5.32 Å². The van der Waals surface area contributed by atoms with E-state index in [4.69, 9.17) is 0 Å². The van der Waals surface area contributed by atoms with Gasteiger partial charge in [0.05, 0.1) is 0 Å². The van der Waals surface area contributed by atoms with E-state index in [0.717, 1.165) is 6.42 Å². The number of carbonyl (C=O) groups is 1. The van der Waals surface area contributed by atoms with E-state index < -0.39 is 0 Å². The summed E-state index contributed by atoms with van der Waals surface area (Å²) in [4.78, 5) is 10.4. The van der Waals surface area contributed by atoms with Crippen LogP contribution in [0, 0.1) is 0 Å². The lowest BCUT2D eigenvalue weighted by Gasteiger charge is -1.85. The minimum absolute atomic E-state index is 0.0428. The molecule has 1 aliphatic heterocycles. The number of amides is 1. The SMILES string of the molecule is O=C1C=CCC=CN1. The van der Waals surface area contributed by atoms with Gasteiger partial charge in [0.15, 0.2) is 0 Å². The average molecular weight is 109 g/mol. The molecule has 0 saturated carbocycles. The van der Waals surface area contributed by atoms with E-state index >= 15 is 0 Å². The number of nitrogens with one attached hydrogen (secondary N) is 1. The Morgan fingerprint density at radius 3 is 3.25 bits per heavy atom. The number of rotatable bonds is 0. The van der Waals surface area contributed by atoms with Crippen LogP contribution < -0.4 is 5.32 Å². The maximum Gasteiger partial charge on any atom is 0.247 e. The lowest BCUT2D eigenvalue weighted by atomic mass is 10.4. The van der Waals surface area contributed by atoms with Crippen LogP contribution in [0.4, 0.5) is 0 Å². The van der Waals surface area contributed by atoms with Gasteiger partial charge in [-0.1, -0.05) is 12.2 Å². The maximum absolute atomic E-state index is 10.4. The molecule has 0 aromatic heterocycles. The van der Waals surface area contributed by atoms with Crippen molar-refractivity contribution in [1.29, 1.82) is 0 Å². The lowest BCUT2D eigenvalue weighted by molar-refractivity contribution is -0.115. The molecule has 2 nitrogen and oxygen atoms in total. The summed E-state index contributed by atoms with van der Waals surface area (Å²) in [6.07, 6.45) is 7.74. The van der Waals surface area contributed by atoms with Gasteiger partial charge in [0.2, 0.25) is 5.91 Å². The summed E-state index contributed by atoms with van der Waals surface area (Å²) in [6.45, 7) is 0. The van der Waals surface area contributed by atoms with E-state index in [1.165, 1.54) is 6.08 Å². The Balaban J connectivity index is 2.61. The number of hydrogen-bond acceptors (Lipinski definition) is 1. The van der Waals surface area contributed by atoms with Crippen molar-refractivity contribution in [3.63, 3.8) is 0 Å². The average Bonchev–Trinajstić information content (AvgIpc) is 1.94. The van der Waals surface area contributed by atoms with Crippen LogP contribution in [0.5, 0.6) is 0 Å². The third kappa shape index (κ3) is 1.22. The molecule has 0 spiro atoms. The van der Waals surface area contributed by atoms with Crippen LogP contribution in [0.15, 0.2) is 24.4 Å². The van der Waals surface area contributed by atoms with E-state index in [0.29, 0.717) is 0 Å². The summed E-state index contributed by atoms with van der Waals surface area (Å²) in [7, 11) is 0. The van der Waals surface area contributed by atoms with Crippen molar-refractivity contribution >= 4 is 5.91 Å². The predicted molar refractivity (Wildman–Crippen MR) is 31.0 cm³/mol. The second kappa shape index (κ2) is 2.31. The molecule has 0 radical (unpaired) electrons. The molecule has 1 rings (SSSR count). The highest BCUT2D eigenvalue weighted by Crippen LogP contribution is 1.88. The molecule has 0 bridgehead atoms. The predicted octanol–water partition coefficient (Wildman–Crippen LogP) is 0.576. The first-order valence-electron chi connectivity index (χ1n) is 2.51. The molecule has 0 fully saturated rings. The summed E-state index contributed by atoms with van der Waals surface area (Å²) in [5.74, 6) is -0.0428. The van der Waals surface area contributed by atoms with Crippen molar-refractivity contribution in [2.45, 2.75) is 6.42 Å².